The monoisotopic (exact) mass is 263 g/mol. The summed E-state index contributed by atoms with van der Waals surface area (Å²) >= 11 is 11.3. The topological polar surface area (TPSA) is 69.4 Å². The molecular weight excluding hydrogens is 257 g/mol. The van der Waals surface area contributed by atoms with E-state index in [1.54, 1.807) is 0 Å². The number of benzene rings is 1. The summed E-state index contributed by atoms with van der Waals surface area (Å²) in [5.41, 5.74) is -0.205. The van der Waals surface area contributed by atoms with Crippen molar-refractivity contribution in [2.75, 3.05) is 7.11 Å². The van der Waals surface area contributed by atoms with E-state index in [2.05, 4.69) is 4.74 Å². The molecule has 0 bridgehead atoms. The summed E-state index contributed by atoms with van der Waals surface area (Å²) < 4.78 is 4.42. The molecule has 86 valence electrons. The van der Waals surface area contributed by atoms with E-state index in [9.17, 15) is 14.9 Å². The third-order valence-electron chi connectivity index (χ3n) is 1.87. The van der Waals surface area contributed by atoms with Gasteiger partial charge in [0.25, 0.3) is 5.69 Å². The second-order valence-corrected chi connectivity index (χ2v) is 3.53. The van der Waals surface area contributed by atoms with Crippen molar-refractivity contribution in [3.8, 4) is 0 Å². The van der Waals surface area contributed by atoms with E-state index in [0.717, 1.165) is 7.11 Å². The number of rotatable bonds is 3. The summed E-state index contributed by atoms with van der Waals surface area (Å²) in [7, 11) is 1.12. The Labute approximate surface area is 101 Å². The van der Waals surface area contributed by atoms with Crippen LogP contribution >= 0.6 is 23.2 Å². The third-order valence-corrected chi connectivity index (χ3v) is 2.48. The number of hydrogen-bond donors (Lipinski definition) is 0. The first kappa shape index (κ1) is 12.7. The van der Waals surface area contributed by atoms with Gasteiger partial charge in [0.05, 0.1) is 17.1 Å². The Morgan fingerprint density at radius 3 is 2.62 bits per heavy atom. The Balaban J connectivity index is 3.45. The highest BCUT2D eigenvalue weighted by Gasteiger charge is 2.25. The fourth-order valence-corrected chi connectivity index (χ4v) is 1.64. The van der Waals surface area contributed by atoms with Gasteiger partial charge in [-0.15, -0.1) is 11.6 Å². The molecule has 7 heteroatoms. The van der Waals surface area contributed by atoms with Crippen molar-refractivity contribution in [1.82, 2.24) is 0 Å². The third kappa shape index (κ3) is 2.43. The summed E-state index contributed by atoms with van der Waals surface area (Å²) in [6, 6.07) is 2.60. The predicted molar refractivity (Wildman–Crippen MR) is 59.0 cm³/mol. The van der Waals surface area contributed by atoms with Crippen LogP contribution in [-0.2, 0) is 10.6 Å². The number of methoxy groups -OCH3 is 1. The lowest BCUT2D eigenvalue weighted by Crippen LogP contribution is -2.07. The number of halogens is 2. The highest BCUT2D eigenvalue weighted by molar-refractivity contribution is 6.34. The minimum atomic E-state index is -0.849. The molecule has 0 unspecified atom stereocenters. The summed E-state index contributed by atoms with van der Waals surface area (Å²) in [5.74, 6) is -0.778. The molecule has 0 saturated carbocycles. The number of ether oxygens (including phenoxy) is 1. The van der Waals surface area contributed by atoms with E-state index in [1.807, 2.05) is 0 Å². The SMILES string of the molecule is COC(=O)c1c(Cl)cc(CCl)cc1[N+](=O)[O-]. The summed E-state index contributed by atoms with van der Waals surface area (Å²) in [4.78, 5) is 21.4. The highest BCUT2D eigenvalue weighted by Crippen LogP contribution is 2.29. The van der Waals surface area contributed by atoms with E-state index < -0.39 is 16.6 Å². The fraction of sp³-hybridized carbons (Fsp3) is 0.222. The summed E-state index contributed by atoms with van der Waals surface area (Å²) in [6.45, 7) is 0. The van der Waals surface area contributed by atoms with Gasteiger partial charge in [0.1, 0.15) is 0 Å². The number of nitrogens with zero attached hydrogens (tertiary/aromatic N) is 1. The second-order valence-electron chi connectivity index (χ2n) is 2.85. The number of nitro benzene ring substituents is 1. The molecule has 0 aliphatic rings. The van der Waals surface area contributed by atoms with Gasteiger partial charge in [0, 0.05) is 11.9 Å². The standard InChI is InChI=1S/C9H7Cl2NO4/c1-16-9(13)8-6(11)2-5(4-10)3-7(8)12(14)15/h2-3H,4H2,1H3. The molecule has 5 nitrogen and oxygen atoms in total. The quantitative estimate of drug-likeness (QED) is 0.364. The normalized spacial score (nSPS) is 9.94. The predicted octanol–water partition coefficient (Wildman–Crippen LogP) is 2.77. The van der Waals surface area contributed by atoms with E-state index in [0.29, 0.717) is 5.56 Å². The van der Waals surface area contributed by atoms with Crippen molar-refractivity contribution in [3.63, 3.8) is 0 Å². The lowest BCUT2D eigenvalue weighted by molar-refractivity contribution is -0.385. The molecule has 0 heterocycles. The molecule has 1 aromatic rings. The molecule has 0 radical (unpaired) electrons. The lowest BCUT2D eigenvalue weighted by Gasteiger charge is -2.05. The van der Waals surface area contributed by atoms with Crippen LogP contribution in [0, 0.1) is 10.1 Å². The van der Waals surface area contributed by atoms with E-state index in [-0.39, 0.29) is 16.5 Å². The molecule has 0 atom stereocenters. The van der Waals surface area contributed by atoms with Gasteiger partial charge in [-0.3, -0.25) is 10.1 Å². The van der Waals surface area contributed by atoms with Crippen LogP contribution in [0.5, 0.6) is 0 Å². The van der Waals surface area contributed by atoms with Crippen LogP contribution in [0.15, 0.2) is 12.1 Å². The van der Waals surface area contributed by atoms with Crippen LogP contribution in [0.1, 0.15) is 15.9 Å². The Morgan fingerprint density at radius 2 is 2.19 bits per heavy atom. The first-order valence-corrected chi connectivity index (χ1v) is 5.03. The fourth-order valence-electron chi connectivity index (χ4n) is 1.17. The lowest BCUT2D eigenvalue weighted by atomic mass is 10.1. The molecule has 0 aliphatic carbocycles. The first-order chi connectivity index (χ1) is 7.51. The molecule has 0 saturated heterocycles. The largest absolute Gasteiger partial charge is 0.465 e. The Kier molecular flexibility index (Phi) is 4.09. The number of alkyl halides is 1. The van der Waals surface area contributed by atoms with Crippen molar-refractivity contribution in [3.05, 3.63) is 38.4 Å². The molecule has 0 aliphatic heterocycles. The van der Waals surface area contributed by atoms with Gasteiger partial charge in [-0.2, -0.15) is 0 Å². The maximum atomic E-state index is 11.3. The van der Waals surface area contributed by atoms with Gasteiger partial charge < -0.3 is 4.74 Å². The average molecular weight is 264 g/mol. The molecular formula is C9H7Cl2NO4. The first-order valence-electron chi connectivity index (χ1n) is 4.12. The maximum Gasteiger partial charge on any atom is 0.346 e. The van der Waals surface area contributed by atoms with Crippen molar-refractivity contribution >= 4 is 34.9 Å². The Hall–Kier alpha value is -1.33. The molecule has 1 aromatic carbocycles. The Morgan fingerprint density at radius 1 is 1.56 bits per heavy atom. The zero-order chi connectivity index (χ0) is 12.3. The summed E-state index contributed by atoms with van der Waals surface area (Å²) in [6.07, 6.45) is 0. The van der Waals surface area contributed by atoms with Crippen molar-refractivity contribution in [1.29, 1.82) is 0 Å². The van der Waals surface area contributed by atoms with Gasteiger partial charge in [0.2, 0.25) is 0 Å². The van der Waals surface area contributed by atoms with Crippen LogP contribution < -0.4 is 0 Å². The van der Waals surface area contributed by atoms with Gasteiger partial charge in [0.15, 0.2) is 5.56 Å². The number of nitro groups is 1. The van der Waals surface area contributed by atoms with Gasteiger partial charge in [-0.25, -0.2) is 4.79 Å². The second kappa shape index (κ2) is 5.14. The van der Waals surface area contributed by atoms with Gasteiger partial charge >= 0.3 is 5.97 Å². The highest BCUT2D eigenvalue weighted by atomic mass is 35.5. The zero-order valence-corrected chi connectivity index (χ0v) is 9.71. The average Bonchev–Trinajstić information content (AvgIpc) is 2.26. The zero-order valence-electron chi connectivity index (χ0n) is 8.20. The number of esters is 1. The van der Waals surface area contributed by atoms with E-state index >= 15 is 0 Å². The minimum Gasteiger partial charge on any atom is -0.465 e. The van der Waals surface area contributed by atoms with E-state index in [4.69, 9.17) is 23.2 Å². The molecule has 0 N–H and O–H groups in total. The van der Waals surface area contributed by atoms with Gasteiger partial charge in [-0.05, 0) is 11.6 Å². The molecule has 0 aromatic heterocycles. The molecule has 0 amide bonds. The number of carbonyl (C=O) groups is 1. The maximum absolute atomic E-state index is 11.3. The molecule has 1 rings (SSSR count). The van der Waals surface area contributed by atoms with Crippen LogP contribution in [0.3, 0.4) is 0 Å². The van der Waals surface area contributed by atoms with Crippen LogP contribution in [0.25, 0.3) is 0 Å². The van der Waals surface area contributed by atoms with Gasteiger partial charge in [-0.1, -0.05) is 11.6 Å². The van der Waals surface area contributed by atoms with Crippen LogP contribution in [0.4, 0.5) is 5.69 Å². The number of carbonyl (C=O) groups excluding carboxylic acids is 1. The van der Waals surface area contributed by atoms with Crippen LogP contribution in [-0.4, -0.2) is 18.0 Å². The van der Waals surface area contributed by atoms with Crippen LogP contribution in [0.2, 0.25) is 5.02 Å². The Bertz CT molecular complexity index is 447. The smallest absolute Gasteiger partial charge is 0.346 e. The van der Waals surface area contributed by atoms with E-state index in [1.165, 1.54) is 12.1 Å². The molecule has 16 heavy (non-hydrogen) atoms. The summed E-state index contributed by atoms with van der Waals surface area (Å²) in [5, 5.41) is 10.7. The minimum absolute atomic E-state index is 0.0447. The molecule has 0 spiro atoms. The van der Waals surface area contributed by atoms with Crippen molar-refractivity contribution in [2.24, 2.45) is 0 Å². The van der Waals surface area contributed by atoms with Crippen molar-refractivity contribution < 1.29 is 14.5 Å². The van der Waals surface area contributed by atoms with Crippen molar-refractivity contribution in [2.45, 2.75) is 5.88 Å². The number of hydrogen-bond acceptors (Lipinski definition) is 4. The molecule has 0 fully saturated rings.